The van der Waals surface area contributed by atoms with Crippen LogP contribution < -0.4 is 20.3 Å². The van der Waals surface area contributed by atoms with Gasteiger partial charge in [-0.3, -0.25) is 0 Å². The lowest BCUT2D eigenvalue weighted by Crippen LogP contribution is -2.26. The van der Waals surface area contributed by atoms with Crippen LogP contribution in [0.1, 0.15) is 30.0 Å². The van der Waals surface area contributed by atoms with Crippen molar-refractivity contribution in [1.29, 1.82) is 0 Å². The molecule has 0 radical (unpaired) electrons. The van der Waals surface area contributed by atoms with Gasteiger partial charge in [-0.2, -0.15) is 4.98 Å². The molecule has 0 bridgehead atoms. The summed E-state index contributed by atoms with van der Waals surface area (Å²) in [6.07, 6.45) is 0.787. The summed E-state index contributed by atoms with van der Waals surface area (Å²) in [5, 5.41) is 4.82. The van der Waals surface area contributed by atoms with Crippen LogP contribution >= 0.6 is 11.6 Å². The van der Waals surface area contributed by atoms with Gasteiger partial charge in [-0.1, -0.05) is 28.9 Å². The summed E-state index contributed by atoms with van der Waals surface area (Å²) in [6.45, 7) is 0. The van der Waals surface area contributed by atoms with Gasteiger partial charge in [-0.05, 0) is 42.3 Å². The number of nitrogens with zero attached hydrogens (tertiary/aromatic N) is 2. The maximum absolute atomic E-state index is 5.96. The number of aromatic nitrogens is 2. The lowest BCUT2D eigenvalue weighted by atomic mass is 10.0. The van der Waals surface area contributed by atoms with Gasteiger partial charge in [-0.25, -0.2) is 10.9 Å². The van der Waals surface area contributed by atoms with E-state index < -0.39 is 0 Å². The van der Waals surface area contributed by atoms with Crippen molar-refractivity contribution in [3.63, 3.8) is 0 Å². The van der Waals surface area contributed by atoms with E-state index in [9.17, 15) is 0 Å². The van der Waals surface area contributed by atoms with Gasteiger partial charge in [0.25, 0.3) is 0 Å². The third-order valence-corrected chi connectivity index (χ3v) is 4.81. The van der Waals surface area contributed by atoms with Gasteiger partial charge in [0.05, 0.1) is 14.2 Å². The highest BCUT2D eigenvalue weighted by atomic mass is 35.5. The predicted molar refractivity (Wildman–Crippen MR) is 101 cm³/mol. The molecule has 27 heavy (non-hydrogen) atoms. The molecule has 0 saturated carbocycles. The van der Waals surface area contributed by atoms with Crippen molar-refractivity contribution in [2.75, 3.05) is 14.2 Å². The van der Waals surface area contributed by atoms with Crippen LogP contribution in [0.4, 0.5) is 0 Å². The Balaban J connectivity index is 1.51. The summed E-state index contributed by atoms with van der Waals surface area (Å²) < 4.78 is 16.1. The molecule has 2 heterocycles. The van der Waals surface area contributed by atoms with Crippen molar-refractivity contribution in [3.05, 3.63) is 58.9 Å². The number of rotatable bonds is 5. The van der Waals surface area contributed by atoms with E-state index >= 15 is 0 Å². The van der Waals surface area contributed by atoms with Crippen LogP contribution in [-0.4, -0.2) is 24.4 Å². The Morgan fingerprint density at radius 3 is 2.48 bits per heavy atom. The first-order valence-electron chi connectivity index (χ1n) is 8.50. The Labute approximate surface area is 161 Å². The van der Waals surface area contributed by atoms with Crippen molar-refractivity contribution in [1.82, 2.24) is 21.0 Å². The Morgan fingerprint density at radius 1 is 1.00 bits per heavy atom. The minimum Gasteiger partial charge on any atom is -0.493 e. The fourth-order valence-electron chi connectivity index (χ4n) is 3.10. The van der Waals surface area contributed by atoms with E-state index in [0.29, 0.717) is 23.2 Å². The first kappa shape index (κ1) is 17.8. The van der Waals surface area contributed by atoms with Crippen molar-refractivity contribution >= 4 is 11.6 Å². The number of ether oxygens (including phenoxy) is 2. The average Bonchev–Trinajstić information content (AvgIpc) is 3.37. The lowest BCUT2D eigenvalue weighted by Gasteiger charge is -2.08. The van der Waals surface area contributed by atoms with Gasteiger partial charge in [0.2, 0.25) is 11.7 Å². The standard InChI is InChI=1S/C19H19ClN4O3/c1-25-16-8-5-12(9-17(16)26-2)18-21-19(27-24-18)15-10-14(22-23-15)11-3-6-13(20)7-4-11/h3-9,14-15,22-23H,10H2,1-2H3. The summed E-state index contributed by atoms with van der Waals surface area (Å²) in [6, 6.07) is 13.4. The van der Waals surface area contributed by atoms with E-state index in [1.165, 1.54) is 0 Å². The van der Waals surface area contributed by atoms with Crippen LogP contribution in [0.2, 0.25) is 5.02 Å². The zero-order valence-corrected chi connectivity index (χ0v) is 15.7. The molecule has 2 atom stereocenters. The van der Waals surface area contributed by atoms with E-state index in [1.54, 1.807) is 14.2 Å². The van der Waals surface area contributed by atoms with Crippen LogP contribution in [0.25, 0.3) is 11.4 Å². The number of methoxy groups -OCH3 is 2. The van der Waals surface area contributed by atoms with E-state index in [0.717, 1.165) is 22.6 Å². The summed E-state index contributed by atoms with van der Waals surface area (Å²) in [4.78, 5) is 4.54. The molecular weight excluding hydrogens is 368 g/mol. The fourth-order valence-corrected chi connectivity index (χ4v) is 3.23. The Bertz CT molecular complexity index is 929. The number of halogens is 1. The smallest absolute Gasteiger partial charge is 0.245 e. The van der Waals surface area contributed by atoms with Gasteiger partial charge in [0, 0.05) is 16.6 Å². The van der Waals surface area contributed by atoms with Crippen LogP contribution in [0, 0.1) is 0 Å². The largest absolute Gasteiger partial charge is 0.493 e. The summed E-state index contributed by atoms with van der Waals surface area (Å²) in [5.41, 5.74) is 8.43. The number of hydrogen-bond acceptors (Lipinski definition) is 7. The quantitative estimate of drug-likeness (QED) is 0.692. The second kappa shape index (κ2) is 7.56. The second-order valence-corrected chi connectivity index (χ2v) is 6.64. The van der Waals surface area contributed by atoms with E-state index in [1.807, 2.05) is 42.5 Å². The molecule has 2 aromatic carbocycles. The molecule has 0 spiro atoms. The third-order valence-electron chi connectivity index (χ3n) is 4.56. The highest BCUT2D eigenvalue weighted by Crippen LogP contribution is 2.34. The van der Waals surface area contributed by atoms with Crippen LogP contribution in [-0.2, 0) is 0 Å². The van der Waals surface area contributed by atoms with Gasteiger partial charge in [-0.15, -0.1) is 0 Å². The van der Waals surface area contributed by atoms with Crippen molar-refractivity contribution in [3.8, 4) is 22.9 Å². The van der Waals surface area contributed by atoms with Gasteiger partial charge < -0.3 is 14.0 Å². The lowest BCUT2D eigenvalue weighted by molar-refractivity contribution is 0.340. The predicted octanol–water partition coefficient (Wildman–Crippen LogP) is 3.69. The Hall–Kier alpha value is -2.61. The van der Waals surface area contributed by atoms with E-state index in [-0.39, 0.29) is 12.1 Å². The van der Waals surface area contributed by atoms with Crippen molar-refractivity contribution in [2.24, 2.45) is 0 Å². The molecular formula is C19H19ClN4O3. The van der Waals surface area contributed by atoms with Crippen LogP contribution in [0.3, 0.4) is 0 Å². The molecule has 1 aromatic heterocycles. The molecule has 0 aliphatic carbocycles. The highest BCUT2D eigenvalue weighted by Gasteiger charge is 2.30. The molecule has 1 saturated heterocycles. The summed E-state index contributed by atoms with van der Waals surface area (Å²) in [5.74, 6) is 2.30. The molecule has 3 aromatic rings. The molecule has 2 unspecified atom stereocenters. The monoisotopic (exact) mass is 386 g/mol. The summed E-state index contributed by atoms with van der Waals surface area (Å²) >= 11 is 5.96. The molecule has 1 aliphatic heterocycles. The topological polar surface area (TPSA) is 81.4 Å². The minimum atomic E-state index is -0.0768. The molecule has 1 aliphatic rings. The minimum absolute atomic E-state index is 0.0768. The highest BCUT2D eigenvalue weighted by molar-refractivity contribution is 6.30. The van der Waals surface area contributed by atoms with E-state index in [4.69, 9.17) is 25.6 Å². The maximum Gasteiger partial charge on any atom is 0.245 e. The third kappa shape index (κ3) is 3.62. The average molecular weight is 387 g/mol. The Morgan fingerprint density at radius 2 is 1.74 bits per heavy atom. The van der Waals surface area contributed by atoms with Gasteiger partial charge in [0.1, 0.15) is 6.04 Å². The van der Waals surface area contributed by atoms with Crippen LogP contribution in [0.15, 0.2) is 47.0 Å². The SMILES string of the molecule is COc1ccc(-c2noc(C3CC(c4ccc(Cl)cc4)NN3)n2)cc1OC. The zero-order valence-electron chi connectivity index (χ0n) is 14.9. The fraction of sp³-hybridized carbons (Fsp3) is 0.263. The first-order valence-corrected chi connectivity index (χ1v) is 8.88. The number of benzene rings is 2. The number of nitrogens with one attached hydrogen (secondary N) is 2. The molecule has 8 heteroatoms. The molecule has 4 rings (SSSR count). The normalized spacial score (nSPS) is 19.2. The van der Waals surface area contributed by atoms with Crippen molar-refractivity contribution < 1.29 is 14.0 Å². The van der Waals surface area contributed by atoms with Crippen LogP contribution in [0.5, 0.6) is 11.5 Å². The first-order chi connectivity index (χ1) is 13.2. The molecule has 7 nitrogen and oxygen atoms in total. The number of hydrogen-bond donors (Lipinski definition) is 2. The van der Waals surface area contributed by atoms with Crippen molar-refractivity contribution in [2.45, 2.75) is 18.5 Å². The molecule has 2 N–H and O–H groups in total. The zero-order chi connectivity index (χ0) is 18.8. The van der Waals surface area contributed by atoms with Gasteiger partial charge >= 0.3 is 0 Å². The number of hydrazine groups is 1. The second-order valence-electron chi connectivity index (χ2n) is 6.21. The van der Waals surface area contributed by atoms with Gasteiger partial charge in [0.15, 0.2) is 11.5 Å². The maximum atomic E-state index is 5.96. The summed E-state index contributed by atoms with van der Waals surface area (Å²) in [7, 11) is 3.19. The molecule has 1 fully saturated rings. The Kier molecular flexibility index (Phi) is 4.98. The molecule has 140 valence electrons. The molecule has 0 amide bonds. The van der Waals surface area contributed by atoms with E-state index in [2.05, 4.69) is 21.0 Å².